The number of hydrogen-bond acceptors (Lipinski definition) is 5. The number of fused-ring (bicyclic) bond motifs is 5. The molecule has 0 aromatic carbocycles. The molecule has 3 aromatic rings. The van der Waals surface area contributed by atoms with Crippen molar-refractivity contribution in [3.8, 4) is 0 Å². The number of rotatable bonds is 3. The van der Waals surface area contributed by atoms with Crippen LogP contribution in [0, 0.1) is 6.92 Å². The molecule has 4 rings (SSSR count). The second-order valence-electron chi connectivity index (χ2n) is 6.72. The lowest BCUT2D eigenvalue weighted by molar-refractivity contribution is 0.0761. The van der Waals surface area contributed by atoms with Crippen molar-refractivity contribution in [3.05, 3.63) is 22.1 Å². The van der Waals surface area contributed by atoms with Gasteiger partial charge in [-0.25, -0.2) is 9.97 Å². The zero-order valence-corrected chi connectivity index (χ0v) is 16.0. The Morgan fingerprint density at radius 1 is 1.32 bits per heavy atom. The van der Waals surface area contributed by atoms with Gasteiger partial charge in [-0.2, -0.15) is 4.52 Å². The zero-order valence-electron chi connectivity index (χ0n) is 15.2. The molecule has 0 spiro atoms. The highest BCUT2D eigenvalue weighted by Crippen LogP contribution is 2.42. The Bertz CT molecular complexity index is 969. The maximum Gasteiger partial charge on any atom is 0.293 e. The molecule has 0 N–H and O–H groups in total. The largest absolute Gasteiger partial charge is 0.336 e. The average Bonchev–Trinajstić information content (AvgIpc) is 3.18. The van der Waals surface area contributed by atoms with Crippen molar-refractivity contribution in [2.45, 2.75) is 52.9 Å². The van der Waals surface area contributed by atoms with Crippen LogP contribution in [0.3, 0.4) is 0 Å². The van der Waals surface area contributed by atoms with Gasteiger partial charge in [0.2, 0.25) is 5.82 Å². The molecule has 132 valence electrons. The van der Waals surface area contributed by atoms with Crippen LogP contribution in [0.2, 0.25) is 0 Å². The van der Waals surface area contributed by atoms with E-state index in [0.717, 1.165) is 28.1 Å². The lowest BCUT2D eigenvalue weighted by Crippen LogP contribution is -2.31. The van der Waals surface area contributed by atoms with Crippen molar-refractivity contribution >= 4 is 33.1 Å². The van der Waals surface area contributed by atoms with Crippen molar-refractivity contribution in [2.75, 3.05) is 13.1 Å². The number of amides is 1. The van der Waals surface area contributed by atoms with Crippen molar-refractivity contribution in [1.82, 2.24) is 24.5 Å². The minimum atomic E-state index is -0.113. The molecule has 1 unspecified atom stereocenters. The van der Waals surface area contributed by atoms with Crippen LogP contribution in [-0.4, -0.2) is 43.5 Å². The zero-order chi connectivity index (χ0) is 17.7. The molecular weight excluding hydrogens is 334 g/mol. The second kappa shape index (κ2) is 6.05. The molecule has 0 saturated heterocycles. The van der Waals surface area contributed by atoms with E-state index in [1.165, 1.54) is 23.3 Å². The molecule has 6 nitrogen and oxygen atoms in total. The van der Waals surface area contributed by atoms with Crippen LogP contribution >= 0.6 is 11.3 Å². The predicted molar refractivity (Wildman–Crippen MR) is 99.5 cm³/mol. The van der Waals surface area contributed by atoms with Gasteiger partial charge in [0, 0.05) is 18.0 Å². The summed E-state index contributed by atoms with van der Waals surface area (Å²) in [6, 6.07) is 0. The van der Waals surface area contributed by atoms with Gasteiger partial charge in [-0.05, 0) is 51.5 Å². The minimum Gasteiger partial charge on any atom is -0.336 e. The first-order chi connectivity index (χ1) is 12.0. The van der Waals surface area contributed by atoms with Crippen LogP contribution in [0.1, 0.15) is 66.4 Å². The third-order valence-corrected chi connectivity index (χ3v) is 6.34. The summed E-state index contributed by atoms with van der Waals surface area (Å²) in [5.41, 5.74) is 2.15. The fourth-order valence-electron chi connectivity index (χ4n) is 3.83. The van der Waals surface area contributed by atoms with Gasteiger partial charge < -0.3 is 4.90 Å². The third kappa shape index (κ3) is 2.44. The fourth-order valence-corrected chi connectivity index (χ4v) is 5.20. The van der Waals surface area contributed by atoms with Crippen molar-refractivity contribution in [1.29, 1.82) is 0 Å². The monoisotopic (exact) mass is 357 g/mol. The molecular formula is C18H23N5OS. The summed E-state index contributed by atoms with van der Waals surface area (Å²) in [6.07, 6.45) is 3.54. The predicted octanol–water partition coefficient (Wildman–Crippen LogP) is 3.57. The standard InChI is InChI=1S/C18H23N5OS/c1-5-22(6-2)18(24)15-20-16-14-13-10(3)8-7-9-12(13)25-17(14)19-11(4)23(16)21-15/h10H,5-9H2,1-4H3. The molecule has 1 aliphatic carbocycles. The lowest BCUT2D eigenvalue weighted by atomic mass is 9.87. The van der Waals surface area contributed by atoms with E-state index in [4.69, 9.17) is 4.98 Å². The van der Waals surface area contributed by atoms with E-state index in [0.29, 0.717) is 19.0 Å². The Balaban J connectivity index is 1.97. The van der Waals surface area contributed by atoms with Gasteiger partial charge >= 0.3 is 0 Å². The summed E-state index contributed by atoms with van der Waals surface area (Å²) < 4.78 is 1.74. The first-order valence-corrected chi connectivity index (χ1v) is 9.84. The Labute approximate surface area is 150 Å². The minimum absolute atomic E-state index is 0.113. The molecule has 1 atom stereocenters. The van der Waals surface area contributed by atoms with E-state index < -0.39 is 0 Å². The highest BCUT2D eigenvalue weighted by molar-refractivity contribution is 7.19. The van der Waals surface area contributed by atoms with Crippen LogP contribution in [-0.2, 0) is 6.42 Å². The molecule has 0 radical (unpaired) electrons. The normalized spacial score (nSPS) is 17.2. The molecule has 1 aliphatic rings. The first kappa shape index (κ1) is 16.4. The summed E-state index contributed by atoms with van der Waals surface area (Å²) in [7, 11) is 0. The van der Waals surface area contributed by atoms with E-state index in [1.807, 2.05) is 20.8 Å². The number of thiophene rings is 1. The summed E-state index contributed by atoms with van der Waals surface area (Å²) in [5.74, 6) is 1.44. The van der Waals surface area contributed by atoms with Crippen molar-refractivity contribution < 1.29 is 4.79 Å². The van der Waals surface area contributed by atoms with Gasteiger partial charge in [-0.1, -0.05) is 6.92 Å². The average molecular weight is 357 g/mol. The SMILES string of the molecule is CCN(CC)C(=O)c1nc2c3c4c(sc3nc(C)n2n1)CCCC4C. The molecule has 7 heteroatoms. The molecule has 0 fully saturated rings. The van der Waals surface area contributed by atoms with E-state index in [9.17, 15) is 4.79 Å². The Morgan fingerprint density at radius 2 is 2.08 bits per heavy atom. The maximum atomic E-state index is 12.7. The number of nitrogens with zero attached hydrogens (tertiary/aromatic N) is 5. The molecule has 1 amide bonds. The van der Waals surface area contributed by atoms with Crippen molar-refractivity contribution in [2.24, 2.45) is 0 Å². The van der Waals surface area contributed by atoms with Crippen LogP contribution < -0.4 is 0 Å². The van der Waals surface area contributed by atoms with E-state index in [2.05, 4.69) is 17.0 Å². The summed E-state index contributed by atoms with van der Waals surface area (Å²) in [5, 5.41) is 5.59. The quantitative estimate of drug-likeness (QED) is 0.719. The number of aromatic nitrogens is 4. The smallest absolute Gasteiger partial charge is 0.293 e. The van der Waals surface area contributed by atoms with E-state index >= 15 is 0 Å². The number of carbonyl (C=O) groups excluding carboxylic acids is 1. The molecule has 3 heterocycles. The Hall–Kier alpha value is -2.02. The highest BCUT2D eigenvalue weighted by Gasteiger charge is 2.27. The first-order valence-electron chi connectivity index (χ1n) is 9.03. The van der Waals surface area contributed by atoms with Gasteiger partial charge in [0.15, 0.2) is 5.65 Å². The summed E-state index contributed by atoms with van der Waals surface area (Å²) in [4.78, 5) is 26.3. The van der Waals surface area contributed by atoms with Crippen LogP contribution in [0.5, 0.6) is 0 Å². The van der Waals surface area contributed by atoms with Gasteiger partial charge in [0.1, 0.15) is 10.7 Å². The molecule has 0 bridgehead atoms. The Morgan fingerprint density at radius 3 is 2.80 bits per heavy atom. The van der Waals surface area contributed by atoms with Gasteiger partial charge in [-0.3, -0.25) is 4.79 Å². The third-order valence-electron chi connectivity index (χ3n) is 5.18. The summed E-state index contributed by atoms with van der Waals surface area (Å²) in [6.45, 7) is 9.46. The van der Waals surface area contributed by atoms with Crippen molar-refractivity contribution in [3.63, 3.8) is 0 Å². The molecule has 0 aliphatic heterocycles. The van der Waals surface area contributed by atoms with Crippen LogP contribution in [0.15, 0.2) is 0 Å². The maximum absolute atomic E-state index is 12.7. The lowest BCUT2D eigenvalue weighted by Gasteiger charge is -2.18. The van der Waals surface area contributed by atoms with E-state index in [1.54, 1.807) is 20.8 Å². The second-order valence-corrected chi connectivity index (χ2v) is 7.80. The number of carbonyl (C=O) groups is 1. The Kier molecular flexibility index (Phi) is 3.98. The van der Waals surface area contributed by atoms with Crippen LogP contribution in [0.25, 0.3) is 15.9 Å². The van der Waals surface area contributed by atoms with Gasteiger partial charge in [0.25, 0.3) is 5.91 Å². The van der Waals surface area contributed by atoms with Crippen LogP contribution in [0.4, 0.5) is 0 Å². The van der Waals surface area contributed by atoms with Gasteiger partial charge in [-0.15, -0.1) is 16.4 Å². The summed E-state index contributed by atoms with van der Waals surface area (Å²) >= 11 is 1.78. The van der Waals surface area contributed by atoms with Gasteiger partial charge in [0.05, 0.1) is 5.39 Å². The topological polar surface area (TPSA) is 63.4 Å². The molecule has 25 heavy (non-hydrogen) atoms. The highest BCUT2D eigenvalue weighted by atomic mass is 32.1. The number of aryl methyl sites for hydroxylation is 2. The van der Waals surface area contributed by atoms with E-state index in [-0.39, 0.29) is 11.7 Å². The molecule has 0 saturated carbocycles. The molecule has 3 aromatic heterocycles. The number of hydrogen-bond donors (Lipinski definition) is 0. The fraction of sp³-hybridized carbons (Fsp3) is 0.556.